The average Bonchev–Trinajstić information content (AvgIpc) is 3.12. The van der Waals surface area contributed by atoms with Crippen LogP contribution in [0.5, 0.6) is 0 Å². The molecule has 144 valence electrons. The molecule has 2 aliphatic rings. The predicted octanol–water partition coefficient (Wildman–Crippen LogP) is 2.57. The molecule has 7 heteroatoms. The molecule has 0 aromatic heterocycles. The number of rotatable bonds is 3. The van der Waals surface area contributed by atoms with Gasteiger partial charge in [0.1, 0.15) is 5.82 Å². The second-order valence-electron chi connectivity index (χ2n) is 7.07. The maximum absolute atomic E-state index is 14.5. The number of nitrogens with two attached hydrogens (primary N) is 1. The van der Waals surface area contributed by atoms with E-state index < -0.39 is 23.5 Å². The van der Waals surface area contributed by atoms with Gasteiger partial charge in [0.2, 0.25) is 11.8 Å². The van der Waals surface area contributed by atoms with Gasteiger partial charge in [-0.05, 0) is 42.7 Å². The van der Waals surface area contributed by atoms with Gasteiger partial charge in [0.25, 0.3) is 5.91 Å². The van der Waals surface area contributed by atoms with Gasteiger partial charge in [0, 0.05) is 30.9 Å². The highest BCUT2D eigenvalue weighted by molar-refractivity contribution is 6.08. The summed E-state index contributed by atoms with van der Waals surface area (Å²) < 4.78 is 14.5. The van der Waals surface area contributed by atoms with Crippen molar-refractivity contribution in [2.75, 3.05) is 22.9 Å². The van der Waals surface area contributed by atoms with Crippen LogP contribution in [0.1, 0.15) is 41.1 Å². The molecule has 2 aromatic carbocycles. The van der Waals surface area contributed by atoms with Crippen LogP contribution < -0.4 is 15.5 Å². The van der Waals surface area contributed by atoms with Crippen LogP contribution in [0.25, 0.3) is 0 Å². The van der Waals surface area contributed by atoms with Crippen LogP contribution in [-0.2, 0) is 9.59 Å². The number of benzene rings is 2. The SMILES string of the molecule is NC(=O)C1CCN(C(=O)c2cc(N3CCCC3=O)ccc2F)c2ccccc21. The van der Waals surface area contributed by atoms with Gasteiger partial charge in [0.15, 0.2) is 0 Å². The third kappa shape index (κ3) is 3.02. The predicted molar refractivity (Wildman–Crippen MR) is 103 cm³/mol. The molecule has 2 N–H and O–H groups in total. The van der Waals surface area contributed by atoms with Gasteiger partial charge >= 0.3 is 0 Å². The van der Waals surface area contributed by atoms with E-state index in [4.69, 9.17) is 5.73 Å². The Morgan fingerprint density at radius 2 is 1.89 bits per heavy atom. The normalized spacial score (nSPS) is 18.9. The van der Waals surface area contributed by atoms with E-state index in [0.29, 0.717) is 36.3 Å². The summed E-state index contributed by atoms with van der Waals surface area (Å²) in [4.78, 5) is 40.0. The summed E-state index contributed by atoms with van der Waals surface area (Å²) in [6.45, 7) is 0.820. The molecule has 0 spiro atoms. The first-order valence-electron chi connectivity index (χ1n) is 9.27. The first-order chi connectivity index (χ1) is 13.5. The Labute approximate surface area is 161 Å². The molecule has 0 radical (unpaired) electrons. The van der Waals surface area contributed by atoms with E-state index >= 15 is 0 Å². The number of nitrogens with zero attached hydrogens (tertiary/aromatic N) is 2. The quantitative estimate of drug-likeness (QED) is 0.887. The van der Waals surface area contributed by atoms with E-state index in [0.717, 1.165) is 6.42 Å². The number of amides is 3. The molecule has 0 bridgehead atoms. The molecule has 1 saturated heterocycles. The number of halogens is 1. The molecule has 28 heavy (non-hydrogen) atoms. The minimum absolute atomic E-state index is 0.0300. The topological polar surface area (TPSA) is 83.7 Å². The van der Waals surface area contributed by atoms with E-state index in [1.165, 1.54) is 23.1 Å². The summed E-state index contributed by atoms with van der Waals surface area (Å²) in [6, 6.07) is 11.2. The van der Waals surface area contributed by atoms with Gasteiger partial charge in [-0.25, -0.2) is 4.39 Å². The number of para-hydroxylation sites is 1. The monoisotopic (exact) mass is 381 g/mol. The lowest BCUT2D eigenvalue weighted by Crippen LogP contribution is -2.39. The van der Waals surface area contributed by atoms with Gasteiger partial charge in [-0.2, -0.15) is 0 Å². The summed E-state index contributed by atoms with van der Waals surface area (Å²) in [5.74, 6) is -2.09. The van der Waals surface area contributed by atoms with Crippen LogP contribution in [0.2, 0.25) is 0 Å². The Balaban J connectivity index is 1.71. The van der Waals surface area contributed by atoms with Gasteiger partial charge in [-0.15, -0.1) is 0 Å². The summed E-state index contributed by atoms with van der Waals surface area (Å²) in [7, 11) is 0. The highest BCUT2D eigenvalue weighted by atomic mass is 19.1. The Morgan fingerprint density at radius 3 is 2.61 bits per heavy atom. The van der Waals surface area contributed by atoms with E-state index in [1.54, 1.807) is 29.2 Å². The van der Waals surface area contributed by atoms with E-state index in [1.807, 2.05) is 0 Å². The molecule has 0 aliphatic carbocycles. The molecule has 0 saturated carbocycles. The smallest absolute Gasteiger partial charge is 0.261 e. The molecule has 6 nitrogen and oxygen atoms in total. The maximum atomic E-state index is 14.5. The molecule has 1 fully saturated rings. The second kappa shape index (κ2) is 7.07. The minimum Gasteiger partial charge on any atom is -0.369 e. The van der Waals surface area contributed by atoms with Crippen molar-refractivity contribution in [1.82, 2.24) is 0 Å². The third-order valence-electron chi connectivity index (χ3n) is 5.40. The highest BCUT2D eigenvalue weighted by Gasteiger charge is 2.33. The zero-order chi connectivity index (χ0) is 19.8. The fourth-order valence-corrected chi connectivity index (χ4v) is 3.98. The number of hydrogen-bond donors (Lipinski definition) is 1. The summed E-state index contributed by atoms with van der Waals surface area (Å²) in [5.41, 5.74) is 7.16. The van der Waals surface area contributed by atoms with E-state index in [-0.39, 0.29) is 18.0 Å². The number of primary amides is 1. The number of hydrogen-bond acceptors (Lipinski definition) is 3. The maximum Gasteiger partial charge on any atom is 0.261 e. The number of carbonyl (C=O) groups is 3. The molecule has 3 amide bonds. The lowest BCUT2D eigenvalue weighted by Gasteiger charge is -2.33. The van der Waals surface area contributed by atoms with Crippen LogP contribution >= 0.6 is 0 Å². The number of anilines is 2. The fourth-order valence-electron chi connectivity index (χ4n) is 3.98. The summed E-state index contributed by atoms with van der Waals surface area (Å²) in [5, 5.41) is 0. The van der Waals surface area contributed by atoms with Gasteiger partial charge in [-0.1, -0.05) is 18.2 Å². The fraction of sp³-hybridized carbons (Fsp3) is 0.286. The number of carbonyl (C=O) groups excluding carboxylic acids is 3. The second-order valence-corrected chi connectivity index (χ2v) is 7.07. The first kappa shape index (κ1) is 18.2. The van der Waals surface area contributed by atoms with Crippen molar-refractivity contribution < 1.29 is 18.8 Å². The van der Waals surface area contributed by atoms with Crippen LogP contribution in [0, 0.1) is 5.82 Å². The molecule has 1 atom stereocenters. The molecule has 2 aliphatic heterocycles. The van der Waals surface area contributed by atoms with Crippen molar-refractivity contribution >= 4 is 29.1 Å². The summed E-state index contributed by atoms with van der Waals surface area (Å²) in [6.07, 6.45) is 1.58. The average molecular weight is 381 g/mol. The minimum atomic E-state index is -0.644. The zero-order valence-electron chi connectivity index (χ0n) is 15.2. The molecule has 2 aromatic rings. The van der Waals surface area contributed by atoms with Crippen LogP contribution in [0.15, 0.2) is 42.5 Å². The molecule has 1 unspecified atom stereocenters. The van der Waals surface area contributed by atoms with E-state index in [9.17, 15) is 18.8 Å². The van der Waals surface area contributed by atoms with Crippen molar-refractivity contribution in [3.63, 3.8) is 0 Å². The van der Waals surface area contributed by atoms with Crippen molar-refractivity contribution in [2.45, 2.75) is 25.2 Å². The van der Waals surface area contributed by atoms with Crippen molar-refractivity contribution in [3.8, 4) is 0 Å². The number of fused-ring (bicyclic) bond motifs is 1. The lowest BCUT2D eigenvalue weighted by molar-refractivity contribution is -0.119. The largest absolute Gasteiger partial charge is 0.369 e. The van der Waals surface area contributed by atoms with Gasteiger partial charge in [-0.3, -0.25) is 14.4 Å². The Kier molecular flexibility index (Phi) is 4.58. The Hall–Kier alpha value is -3.22. The molecular formula is C21H20FN3O3. The Bertz CT molecular complexity index is 975. The van der Waals surface area contributed by atoms with E-state index in [2.05, 4.69) is 0 Å². The third-order valence-corrected chi connectivity index (χ3v) is 5.40. The standard InChI is InChI=1S/C21H20FN3O3/c22-17-8-7-13(24-10-3-6-19(24)26)12-16(17)21(28)25-11-9-15(20(23)27)14-4-1-2-5-18(14)25/h1-2,4-5,7-8,12,15H,3,6,9-11H2,(H2,23,27). The van der Waals surface area contributed by atoms with Crippen molar-refractivity contribution in [1.29, 1.82) is 0 Å². The molecule has 4 rings (SSSR count). The lowest BCUT2D eigenvalue weighted by atomic mass is 9.89. The van der Waals surface area contributed by atoms with Crippen molar-refractivity contribution in [3.05, 3.63) is 59.4 Å². The van der Waals surface area contributed by atoms with Gasteiger partial charge < -0.3 is 15.5 Å². The molecular weight excluding hydrogens is 361 g/mol. The van der Waals surface area contributed by atoms with Crippen LogP contribution in [-0.4, -0.2) is 30.8 Å². The van der Waals surface area contributed by atoms with Crippen LogP contribution in [0.4, 0.5) is 15.8 Å². The van der Waals surface area contributed by atoms with Crippen LogP contribution in [0.3, 0.4) is 0 Å². The zero-order valence-corrected chi connectivity index (χ0v) is 15.2. The van der Waals surface area contributed by atoms with Crippen molar-refractivity contribution in [2.24, 2.45) is 5.73 Å². The first-order valence-corrected chi connectivity index (χ1v) is 9.27. The Morgan fingerprint density at radius 1 is 1.11 bits per heavy atom. The molecule has 2 heterocycles. The highest BCUT2D eigenvalue weighted by Crippen LogP contribution is 2.36. The summed E-state index contributed by atoms with van der Waals surface area (Å²) >= 11 is 0. The van der Waals surface area contributed by atoms with Gasteiger partial charge in [0.05, 0.1) is 11.5 Å².